The highest BCUT2D eigenvalue weighted by molar-refractivity contribution is 8.06. The van der Waals surface area contributed by atoms with E-state index in [4.69, 9.17) is 17.0 Å². The Morgan fingerprint density at radius 2 is 2.12 bits per heavy atom. The third-order valence-electron chi connectivity index (χ3n) is 4.60. The minimum atomic E-state index is -0.623. The van der Waals surface area contributed by atoms with Gasteiger partial charge in [0, 0.05) is 41.2 Å². The van der Waals surface area contributed by atoms with E-state index >= 15 is 0 Å². The van der Waals surface area contributed by atoms with Gasteiger partial charge >= 0.3 is 0 Å². The van der Waals surface area contributed by atoms with Gasteiger partial charge in [0.05, 0.1) is 5.03 Å². The van der Waals surface area contributed by atoms with E-state index in [9.17, 15) is 9.18 Å². The summed E-state index contributed by atoms with van der Waals surface area (Å²) in [6, 6.07) is 0. The van der Waals surface area contributed by atoms with Gasteiger partial charge in [0.2, 0.25) is 5.91 Å². The Kier molecular flexibility index (Phi) is 13.1. The number of carbonyl (C=O) groups excluding carboxylic acids is 1. The van der Waals surface area contributed by atoms with Crippen LogP contribution < -0.4 is 10.6 Å². The third kappa shape index (κ3) is 9.80. The SMILES string of the molecule is C=C(Cl)/C(F)=C\C(=C/CCC)CNC(=O)/C(C)=C/SC(=C(/C)CC)/C(C=N)=C1\N=CC=CN1. The molecule has 0 aromatic rings. The van der Waals surface area contributed by atoms with E-state index < -0.39 is 5.83 Å². The number of hydrogen-bond acceptors (Lipinski definition) is 5. The van der Waals surface area contributed by atoms with Crippen LogP contribution in [-0.2, 0) is 4.79 Å². The molecule has 1 amide bonds. The van der Waals surface area contributed by atoms with Crippen LogP contribution in [0.5, 0.6) is 0 Å². The van der Waals surface area contributed by atoms with Crippen LogP contribution in [-0.4, -0.2) is 24.9 Å². The summed E-state index contributed by atoms with van der Waals surface area (Å²) < 4.78 is 13.9. The van der Waals surface area contributed by atoms with Crippen molar-refractivity contribution in [3.05, 3.63) is 80.3 Å². The lowest BCUT2D eigenvalue weighted by molar-refractivity contribution is -0.117. The molecular weight excluding hydrogens is 459 g/mol. The van der Waals surface area contributed by atoms with Crippen LogP contribution in [0.1, 0.15) is 47.0 Å². The highest BCUT2D eigenvalue weighted by atomic mass is 35.5. The molecule has 33 heavy (non-hydrogen) atoms. The smallest absolute Gasteiger partial charge is 0.247 e. The van der Waals surface area contributed by atoms with Crippen molar-refractivity contribution in [2.75, 3.05) is 6.54 Å². The number of nitrogens with zero attached hydrogens (tertiary/aromatic N) is 1. The van der Waals surface area contributed by atoms with Gasteiger partial charge in [-0.3, -0.25) is 4.79 Å². The Hall–Kier alpha value is -2.64. The van der Waals surface area contributed by atoms with Gasteiger partial charge in [-0.2, -0.15) is 0 Å². The molecule has 0 aromatic heterocycles. The van der Waals surface area contributed by atoms with E-state index in [0.29, 0.717) is 22.5 Å². The zero-order valence-corrected chi connectivity index (χ0v) is 21.2. The van der Waals surface area contributed by atoms with Gasteiger partial charge < -0.3 is 16.0 Å². The number of unbranched alkanes of at least 4 members (excludes halogenated alkanes) is 1. The Balaban J connectivity index is 3.01. The van der Waals surface area contributed by atoms with Crippen molar-refractivity contribution in [3.8, 4) is 0 Å². The molecule has 1 rings (SSSR count). The van der Waals surface area contributed by atoms with Gasteiger partial charge in [0.25, 0.3) is 0 Å². The standard InChI is InChI=1S/C25H32ClFN4OS/c1-6-8-10-20(13-22(27)19(5)26)15-31-25(32)18(4)16-33-23(17(3)7-2)21(14-28)24-29-11-9-12-30-24/h9-14,16,28-29H,5-8,15H2,1-4H3,(H,31,32)/b18-16+,20-10+,22-13+,23-17-,24-21-,28-14?. The molecule has 0 radical (unpaired) electrons. The summed E-state index contributed by atoms with van der Waals surface area (Å²) in [6.45, 7) is 11.3. The number of allylic oxidation sites excluding steroid dienone is 6. The molecule has 0 saturated heterocycles. The summed E-state index contributed by atoms with van der Waals surface area (Å²) in [5, 5.41) is 15.3. The number of thioether (sulfide) groups is 1. The molecule has 0 saturated carbocycles. The maximum atomic E-state index is 13.9. The van der Waals surface area contributed by atoms with E-state index in [1.54, 1.807) is 30.8 Å². The van der Waals surface area contributed by atoms with Gasteiger partial charge in [0.15, 0.2) is 0 Å². The summed E-state index contributed by atoms with van der Waals surface area (Å²) in [6.07, 6.45) is 12.1. The van der Waals surface area contributed by atoms with Crippen LogP contribution >= 0.6 is 23.4 Å². The van der Waals surface area contributed by atoms with Gasteiger partial charge in [0.1, 0.15) is 11.6 Å². The van der Waals surface area contributed by atoms with Crippen LogP contribution in [0.2, 0.25) is 0 Å². The molecule has 5 nitrogen and oxygen atoms in total. The van der Waals surface area contributed by atoms with Gasteiger partial charge in [-0.15, -0.1) is 0 Å². The van der Waals surface area contributed by atoms with Crippen molar-refractivity contribution in [1.82, 2.24) is 10.6 Å². The minimum absolute atomic E-state index is 0.170. The fourth-order valence-electron chi connectivity index (χ4n) is 2.54. The van der Waals surface area contributed by atoms with E-state index in [2.05, 4.69) is 22.2 Å². The molecule has 0 spiro atoms. The number of carbonyl (C=O) groups is 1. The molecule has 1 heterocycles. The first kappa shape index (κ1) is 28.4. The summed E-state index contributed by atoms with van der Waals surface area (Å²) >= 11 is 6.99. The first-order valence-corrected chi connectivity index (χ1v) is 11.9. The third-order valence-corrected chi connectivity index (χ3v) is 6.06. The summed E-state index contributed by atoms with van der Waals surface area (Å²) in [5.41, 5.74) is 2.85. The fourth-order valence-corrected chi connectivity index (χ4v) is 3.63. The molecule has 178 valence electrons. The molecular formula is C25H32ClFN4OS. The highest BCUT2D eigenvalue weighted by Gasteiger charge is 2.14. The second-order valence-corrected chi connectivity index (χ2v) is 8.55. The van der Waals surface area contributed by atoms with E-state index in [-0.39, 0.29) is 17.5 Å². The molecule has 0 fully saturated rings. The lowest BCUT2D eigenvalue weighted by atomic mass is 10.1. The summed E-state index contributed by atoms with van der Waals surface area (Å²) in [5.74, 6) is -0.307. The average molecular weight is 491 g/mol. The second-order valence-electron chi connectivity index (χ2n) is 7.22. The topological polar surface area (TPSA) is 77.3 Å². The van der Waals surface area contributed by atoms with Crippen LogP contribution in [0.4, 0.5) is 4.39 Å². The molecule has 8 heteroatoms. The van der Waals surface area contributed by atoms with Gasteiger partial charge in [-0.1, -0.05) is 61.9 Å². The van der Waals surface area contributed by atoms with Crippen LogP contribution in [0.3, 0.4) is 0 Å². The predicted octanol–water partition coefficient (Wildman–Crippen LogP) is 6.80. The lowest BCUT2D eigenvalue weighted by Gasteiger charge is -2.15. The monoisotopic (exact) mass is 490 g/mol. The first-order chi connectivity index (χ1) is 15.7. The minimum Gasteiger partial charge on any atom is -0.348 e. The normalized spacial score (nSPS) is 16.7. The molecule has 0 atom stereocenters. The average Bonchev–Trinajstić information content (AvgIpc) is 2.82. The van der Waals surface area contributed by atoms with Crippen molar-refractivity contribution >= 4 is 41.7 Å². The molecule has 0 unspecified atom stereocenters. The Morgan fingerprint density at radius 1 is 1.39 bits per heavy atom. The fraction of sp³-hybridized carbons (Fsp3) is 0.320. The zero-order valence-electron chi connectivity index (χ0n) is 19.6. The maximum Gasteiger partial charge on any atom is 0.247 e. The molecule has 0 bridgehead atoms. The zero-order chi connectivity index (χ0) is 24.8. The summed E-state index contributed by atoms with van der Waals surface area (Å²) in [7, 11) is 0. The lowest BCUT2D eigenvalue weighted by Crippen LogP contribution is -2.26. The van der Waals surface area contributed by atoms with Crippen molar-refractivity contribution in [3.63, 3.8) is 0 Å². The molecule has 1 aliphatic heterocycles. The van der Waals surface area contributed by atoms with Crippen molar-refractivity contribution in [1.29, 1.82) is 5.41 Å². The van der Waals surface area contributed by atoms with Crippen LogP contribution in [0.15, 0.2) is 85.3 Å². The molecule has 3 N–H and O–H groups in total. The van der Waals surface area contributed by atoms with Crippen LogP contribution in [0, 0.1) is 5.41 Å². The van der Waals surface area contributed by atoms with E-state index in [1.807, 2.05) is 26.8 Å². The Morgan fingerprint density at radius 3 is 2.67 bits per heavy atom. The molecule has 0 aromatic carbocycles. The number of amides is 1. The Labute approximate surface area is 205 Å². The van der Waals surface area contributed by atoms with Crippen LogP contribution in [0.25, 0.3) is 0 Å². The number of hydrogen-bond donors (Lipinski definition) is 3. The largest absolute Gasteiger partial charge is 0.348 e. The van der Waals surface area contributed by atoms with E-state index in [0.717, 1.165) is 29.7 Å². The maximum absolute atomic E-state index is 13.9. The predicted molar refractivity (Wildman–Crippen MR) is 141 cm³/mol. The first-order valence-electron chi connectivity index (χ1n) is 10.7. The number of aliphatic imine (C=N–C) groups is 1. The summed E-state index contributed by atoms with van der Waals surface area (Å²) in [4.78, 5) is 17.8. The number of rotatable bonds is 12. The number of nitrogens with one attached hydrogen (secondary N) is 3. The highest BCUT2D eigenvalue weighted by Crippen LogP contribution is 2.32. The Bertz CT molecular complexity index is 971. The molecule has 0 aliphatic carbocycles. The second kappa shape index (κ2) is 15.2. The molecule has 1 aliphatic rings. The van der Waals surface area contributed by atoms with E-state index in [1.165, 1.54) is 24.1 Å². The van der Waals surface area contributed by atoms with Crippen molar-refractivity contribution < 1.29 is 9.18 Å². The quantitative estimate of drug-likeness (QED) is 0.160. The van der Waals surface area contributed by atoms with Gasteiger partial charge in [-0.25, -0.2) is 9.38 Å². The van der Waals surface area contributed by atoms with Crippen molar-refractivity contribution in [2.45, 2.75) is 47.0 Å². The van der Waals surface area contributed by atoms with Gasteiger partial charge in [-0.05, 0) is 49.8 Å². The number of halogens is 2. The van der Waals surface area contributed by atoms with Crippen molar-refractivity contribution in [2.24, 2.45) is 4.99 Å².